The quantitative estimate of drug-likeness (QED) is 0.809. The summed E-state index contributed by atoms with van der Waals surface area (Å²) in [5.74, 6) is -0.721. The molecule has 156 valence electrons. The van der Waals surface area contributed by atoms with Crippen LogP contribution in [0.4, 0.5) is 4.39 Å². The standard InChI is InChI=1S/C21H26FN3O3S/c1-15-4-5-18(21(26)23-16(2)17-6-8-19(22)9-7-17)14-20(15)29(27,28)25-12-10-24(3)11-13-25/h4-9,14,16H,10-13H2,1-3H3,(H,23,26)/t16-/m1/s1. The number of nitrogens with zero attached hydrogens (tertiary/aromatic N) is 2. The van der Waals surface area contributed by atoms with Crippen LogP contribution < -0.4 is 5.32 Å². The Morgan fingerprint density at radius 3 is 2.31 bits per heavy atom. The van der Waals surface area contributed by atoms with E-state index in [-0.39, 0.29) is 28.2 Å². The normalized spacial score (nSPS) is 17.1. The van der Waals surface area contributed by atoms with Crippen molar-refractivity contribution in [2.75, 3.05) is 33.2 Å². The summed E-state index contributed by atoms with van der Waals surface area (Å²) in [5, 5.41) is 2.84. The second kappa shape index (κ2) is 8.61. The lowest BCUT2D eigenvalue weighted by Crippen LogP contribution is -2.47. The van der Waals surface area contributed by atoms with Crippen molar-refractivity contribution in [1.82, 2.24) is 14.5 Å². The van der Waals surface area contributed by atoms with Crippen LogP contribution in [0.25, 0.3) is 0 Å². The van der Waals surface area contributed by atoms with Gasteiger partial charge in [-0.15, -0.1) is 0 Å². The van der Waals surface area contributed by atoms with Gasteiger partial charge in [0.15, 0.2) is 0 Å². The van der Waals surface area contributed by atoms with Gasteiger partial charge in [-0.05, 0) is 56.3 Å². The van der Waals surface area contributed by atoms with Gasteiger partial charge in [-0.25, -0.2) is 12.8 Å². The van der Waals surface area contributed by atoms with E-state index in [0.29, 0.717) is 31.7 Å². The Morgan fingerprint density at radius 1 is 1.07 bits per heavy atom. The molecule has 1 atom stereocenters. The third-order valence-electron chi connectivity index (χ3n) is 5.25. The third kappa shape index (κ3) is 4.83. The van der Waals surface area contributed by atoms with Crippen LogP contribution in [-0.2, 0) is 10.0 Å². The maximum Gasteiger partial charge on any atom is 0.251 e. The fourth-order valence-corrected chi connectivity index (χ4v) is 4.97. The average Bonchev–Trinajstić information content (AvgIpc) is 2.69. The molecule has 8 heteroatoms. The Balaban J connectivity index is 1.80. The molecule has 2 aromatic carbocycles. The second-order valence-electron chi connectivity index (χ2n) is 7.43. The van der Waals surface area contributed by atoms with Crippen molar-refractivity contribution < 1.29 is 17.6 Å². The molecule has 1 aliphatic rings. The number of benzene rings is 2. The number of carbonyl (C=O) groups excluding carboxylic acids is 1. The first-order valence-corrected chi connectivity index (χ1v) is 11.0. The summed E-state index contributed by atoms with van der Waals surface area (Å²) < 4.78 is 40.8. The Labute approximate surface area is 171 Å². The van der Waals surface area contributed by atoms with Crippen molar-refractivity contribution in [3.63, 3.8) is 0 Å². The fraction of sp³-hybridized carbons (Fsp3) is 0.381. The van der Waals surface area contributed by atoms with Crippen molar-refractivity contribution in [2.24, 2.45) is 0 Å². The van der Waals surface area contributed by atoms with E-state index in [9.17, 15) is 17.6 Å². The van der Waals surface area contributed by atoms with Gasteiger partial charge in [0.2, 0.25) is 10.0 Å². The van der Waals surface area contributed by atoms with Gasteiger partial charge in [0.25, 0.3) is 5.91 Å². The molecular weight excluding hydrogens is 393 g/mol. The Bertz CT molecular complexity index is 985. The third-order valence-corrected chi connectivity index (χ3v) is 7.29. The highest BCUT2D eigenvalue weighted by Crippen LogP contribution is 2.23. The molecule has 1 amide bonds. The summed E-state index contributed by atoms with van der Waals surface area (Å²) in [5.41, 5.74) is 1.64. The number of hydrogen-bond donors (Lipinski definition) is 1. The molecular formula is C21H26FN3O3S. The van der Waals surface area contributed by atoms with E-state index in [1.54, 1.807) is 38.1 Å². The first kappa shape index (κ1) is 21.4. The first-order chi connectivity index (χ1) is 13.7. The van der Waals surface area contributed by atoms with Gasteiger partial charge in [-0.3, -0.25) is 4.79 Å². The van der Waals surface area contributed by atoms with Crippen LogP contribution in [0.5, 0.6) is 0 Å². The minimum Gasteiger partial charge on any atom is -0.346 e. The number of sulfonamides is 1. The SMILES string of the molecule is Cc1ccc(C(=O)N[C@H](C)c2ccc(F)cc2)cc1S(=O)(=O)N1CCN(C)CC1. The molecule has 0 aromatic heterocycles. The van der Waals surface area contributed by atoms with Gasteiger partial charge < -0.3 is 10.2 Å². The molecule has 1 saturated heterocycles. The van der Waals surface area contributed by atoms with Gasteiger partial charge in [0.05, 0.1) is 10.9 Å². The monoisotopic (exact) mass is 419 g/mol. The smallest absolute Gasteiger partial charge is 0.251 e. The van der Waals surface area contributed by atoms with Crippen molar-refractivity contribution in [3.8, 4) is 0 Å². The predicted molar refractivity (Wildman–Crippen MR) is 110 cm³/mol. The molecule has 0 spiro atoms. The van der Waals surface area contributed by atoms with E-state index in [4.69, 9.17) is 0 Å². The molecule has 1 heterocycles. The molecule has 1 fully saturated rings. The van der Waals surface area contributed by atoms with Crippen LogP contribution >= 0.6 is 0 Å². The Morgan fingerprint density at radius 2 is 1.69 bits per heavy atom. The number of halogens is 1. The van der Waals surface area contributed by atoms with Crippen molar-refractivity contribution in [1.29, 1.82) is 0 Å². The van der Waals surface area contributed by atoms with Crippen LogP contribution in [0.1, 0.15) is 34.5 Å². The molecule has 0 bridgehead atoms. The maximum absolute atomic E-state index is 13.1. The van der Waals surface area contributed by atoms with Crippen molar-refractivity contribution >= 4 is 15.9 Å². The fourth-order valence-electron chi connectivity index (χ4n) is 3.30. The van der Waals surface area contributed by atoms with E-state index in [2.05, 4.69) is 10.2 Å². The molecule has 1 N–H and O–H groups in total. The number of rotatable bonds is 5. The summed E-state index contributed by atoms with van der Waals surface area (Å²) in [6.45, 7) is 5.72. The molecule has 1 aliphatic heterocycles. The van der Waals surface area contributed by atoms with E-state index in [0.717, 1.165) is 5.56 Å². The number of piperazine rings is 1. The largest absolute Gasteiger partial charge is 0.346 e. The molecule has 0 aliphatic carbocycles. The van der Waals surface area contributed by atoms with Gasteiger partial charge in [-0.1, -0.05) is 18.2 Å². The van der Waals surface area contributed by atoms with Crippen LogP contribution in [0.3, 0.4) is 0 Å². The zero-order valence-electron chi connectivity index (χ0n) is 16.9. The number of nitrogens with one attached hydrogen (secondary N) is 1. The van der Waals surface area contributed by atoms with E-state index < -0.39 is 10.0 Å². The van der Waals surface area contributed by atoms with Crippen LogP contribution in [-0.4, -0.2) is 56.8 Å². The predicted octanol–water partition coefficient (Wildman–Crippen LogP) is 2.56. The molecule has 6 nitrogen and oxygen atoms in total. The highest BCUT2D eigenvalue weighted by atomic mass is 32.2. The second-order valence-corrected chi connectivity index (χ2v) is 9.34. The minimum atomic E-state index is -3.67. The number of carbonyl (C=O) groups is 1. The van der Waals surface area contributed by atoms with E-state index >= 15 is 0 Å². The lowest BCUT2D eigenvalue weighted by atomic mass is 10.1. The number of hydrogen-bond acceptors (Lipinski definition) is 4. The van der Waals surface area contributed by atoms with Gasteiger partial charge in [-0.2, -0.15) is 4.31 Å². The van der Waals surface area contributed by atoms with Gasteiger partial charge >= 0.3 is 0 Å². The number of aryl methyl sites for hydroxylation is 1. The van der Waals surface area contributed by atoms with E-state index in [1.807, 2.05) is 7.05 Å². The molecule has 0 radical (unpaired) electrons. The molecule has 2 aromatic rings. The summed E-state index contributed by atoms with van der Waals surface area (Å²) >= 11 is 0. The number of likely N-dealkylation sites (N-methyl/N-ethyl adjacent to an activating group) is 1. The van der Waals surface area contributed by atoms with E-state index in [1.165, 1.54) is 22.5 Å². The summed E-state index contributed by atoms with van der Waals surface area (Å²) in [6.07, 6.45) is 0. The summed E-state index contributed by atoms with van der Waals surface area (Å²) in [6, 6.07) is 10.3. The Hall–Kier alpha value is -2.29. The van der Waals surface area contributed by atoms with Gasteiger partial charge in [0.1, 0.15) is 5.82 Å². The zero-order valence-corrected chi connectivity index (χ0v) is 17.7. The highest BCUT2D eigenvalue weighted by molar-refractivity contribution is 7.89. The average molecular weight is 420 g/mol. The number of amides is 1. The van der Waals surface area contributed by atoms with Crippen molar-refractivity contribution in [2.45, 2.75) is 24.8 Å². The topological polar surface area (TPSA) is 69.7 Å². The Kier molecular flexibility index (Phi) is 6.36. The van der Waals surface area contributed by atoms with Crippen LogP contribution in [0, 0.1) is 12.7 Å². The minimum absolute atomic E-state index is 0.157. The molecule has 29 heavy (non-hydrogen) atoms. The summed E-state index contributed by atoms with van der Waals surface area (Å²) in [7, 11) is -1.71. The zero-order chi connectivity index (χ0) is 21.2. The van der Waals surface area contributed by atoms with Crippen molar-refractivity contribution in [3.05, 3.63) is 65.0 Å². The first-order valence-electron chi connectivity index (χ1n) is 9.54. The van der Waals surface area contributed by atoms with Gasteiger partial charge in [0, 0.05) is 31.7 Å². The maximum atomic E-state index is 13.1. The lowest BCUT2D eigenvalue weighted by Gasteiger charge is -2.32. The van der Waals surface area contributed by atoms with Crippen LogP contribution in [0.15, 0.2) is 47.4 Å². The molecule has 0 saturated carbocycles. The molecule has 0 unspecified atom stereocenters. The van der Waals surface area contributed by atoms with Crippen LogP contribution in [0.2, 0.25) is 0 Å². The lowest BCUT2D eigenvalue weighted by molar-refractivity contribution is 0.0939. The molecule has 3 rings (SSSR count). The highest BCUT2D eigenvalue weighted by Gasteiger charge is 2.29. The summed E-state index contributed by atoms with van der Waals surface area (Å²) in [4.78, 5) is 14.9.